The third-order valence-corrected chi connectivity index (χ3v) is 3.73. The van der Waals surface area contributed by atoms with Gasteiger partial charge in [0.1, 0.15) is 5.75 Å². The Bertz CT molecular complexity index is 411. The maximum atomic E-state index is 5.52. The smallest absolute Gasteiger partial charge is 0.122 e. The molecule has 1 fully saturated rings. The first-order valence-corrected chi connectivity index (χ1v) is 6.54. The van der Waals surface area contributed by atoms with Crippen molar-refractivity contribution in [1.82, 2.24) is 5.32 Å². The van der Waals surface area contributed by atoms with E-state index in [0.29, 0.717) is 5.92 Å². The van der Waals surface area contributed by atoms with E-state index in [9.17, 15) is 0 Å². The molecule has 0 amide bonds. The van der Waals surface area contributed by atoms with Gasteiger partial charge in [0, 0.05) is 12.1 Å². The molecule has 0 radical (unpaired) electrons. The highest BCUT2D eigenvalue weighted by Gasteiger charge is 2.42. The van der Waals surface area contributed by atoms with E-state index in [1.807, 2.05) is 7.05 Å². The van der Waals surface area contributed by atoms with E-state index >= 15 is 0 Å². The second-order valence-corrected chi connectivity index (χ2v) is 5.42. The molecular formula is C15H23NO2. The maximum absolute atomic E-state index is 5.52. The van der Waals surface area contributed by atoms with E-state index in [1.54, 1.807) is 7.11 Å². The zero-order valence-electron chi connectivity index (χ0n) is 11.7. The predicted octanol–water partition coefficient (Wildman–Crippen LogP) is 2.31. The summed E-state index contributed by atoms with van der Waals surface area (Å²) < 4.78 is 11.0. The van der Waals surface area contributed by atoms with Crippen LogP contribution in [0.3, 0.4) is 0 Å². The Kier molecular flexibility index (Phi) is 3.93. The molecule has 0 atom stereocenters. The molecule has 3 heteroatoms. The van der Waals surface area contributed by atoms with Crippen molar-refractivity contribution in [3.63, 3.8) is 0 Å². The number of nitrogens with one attached hydrogen (secondary N) is 1. The SMILES string of the molecule is CNCC1(c2cc(C(C)C)ccc2OC)COC1. The van der Waals surface area contributed by atoms with Gasteiger partial charge in [-0.3, -0.25) is 0 Å². The van der Waals surface area contributed by atoms with Gasteiger partial charge in [-0.15, -0.1) is 0 Å². The predicted molar refractivity (Wildman–Crippen MR) is 73.5 cm³/mol. The second kappa shape index (κ2) is 5.29. The molecule has 1 aliphatic rings. The van der Waals surface area contributed by atoms with Crippen molar-refractivity contribution in [1.29, 1.82) is 0 Å². The monoisotopic (exact) mass is 249 g/mol. The van der Waals surface area contributed by atoms with Gasteiger partial charge in [0.2, 0.25) is 0 Å². The molecule has 0 bridgehead atoms. The van der Waals surface area contributed by atoms with Crippen LogP contribution in [0.2, 0.25) is 0 Å². The molecule has 3 nitrogen and oxygen atoms in total. The summed E-state index contributed by atoms with van der Waals surface area (Å²) in [4.78, 5) is 0. The number of likely N-dealkylation sites (N-methyl/N-ethyl adjacent to an activating group) is 1. The normalized spacial score (nSPS) is 17.6. The standard InChI is InChI=1S/C15H23NO2/c1-11(2)12-5-6-14(17-4)13(7-12)15(8-16-3)9-18-10-15/h5-7,11,16H,8-10H2,1-4H3. The highest BCUT2D eigenvalue weighted by atomic mass is 16.5. The Balaban J connectivity index is 2.42. The highest BCUT2D eigenvalue weighted by molar-refractivity contribution is 5.45. The molecule has 1 aliphatic heterocycles. The number of methoxy groups -OCH3 is 1. The first-order valence-electron chi connectivity index (χ1n) is 6.54. The third kappa shape index (κ3) is 2.25. The Morgan fingerprint density at radius 2 is 2.11 bits per heavy atom. The average Bonchev–Trinajstić information content (AvgIpc) is 2.33. The van der Waals surface area contributed by atoms with Crippen LogP contribution < -0.4 is 10.1 Å². The lowest BCUT2D eigenvalue weighted by Crippen LogP contribution is -2.53. The lowest BCUT2D eigenvalue weighted by molar-refractivity contribution is -0.0591. The van der Waals surface area contributed by atoms with Crippen LogP contribution in [0.25, 0.3) is 0 Å². The fourth-order valence-corrected chi connectivity index (χ4v) is 2.54. The molecule has 1 aromatic rings. The van der Waals surface area contributed by atoms with Crippen LogP contribution in [-0.4, -0.2) is 33.9 Å². The fourth-order valence-electron chi connectivity index (χ4n) is 2.54. The zero-order chi connectivity index (χ0) is 13.2. The van der Waals surface area contributed by atoms with Gasteiger partial charge >= 0.3 is 0 Å². The van der Waals surface area contributed by atoms with E-state index in [4.69, 9.17) is 9.47 Å². The van der Waals surface area contributed by atoms with E-state index in [2.05, 4.69) is 37.4 Å². The fraction of sp³-hybridized carbons (Fsp3) is 0.600. The molecule has 100 valence electrons. The quantitative estimate of drug-likeness (QED) is 0.868. The third-order valence-electron chi connectivity index (χ3n) is 3.73. The van der Waals surface area contributed by atoms with Crippen LogP contribution in [0.1, 0.15) is 30.9 Å². The van der Waals surface area contributed by atoms with Crippen LogP contribution in [0.4, 0.5) is 0 Å². The van der Waals surface area contributed by atoms with E-state index in [-0.39, 0.29) is 5.41 Å². The number of benzene rings is 1. The van der Waals surface area contributed by atoms with Crippen LogP contribution >= 0.6 is 0 Å². The molecule has 0 unspecified atom stereocenters. The second-order valence-electron chi connectivity index (χ2n) is 5.42. The molecule has 1 saturated heterocycles. The van der Waals surface area contributed by atoms with Crippen LogP contribution in [0.5, 0.6) is 5.75 Å². The molecule has 18 heavy (non-hydrogen) atoms. The van der Waals surface area contributed by atoms with Crippen LogP contribution in [-0.2, 0) is 10.2 Å². The van der Waals surface area contributed by atoms with Crippen molar-refractivity contribution >= 4 is 0 Å². The topological polar surface area (TPSA) is 30.5 Å². The van der Waals surface area contributed by atoms with Crippen molar-refractivity contribution in [3.05, 3.63) is 29.3 Å². The summed E-state index contributed by atoms with van der Waals surface area (Å²) in [6, 6.07) is 6.52. The van der Waals surface area contributed by atoms with Gasteiger partial charge < -0.3 is 14.8 Å². The maximum Gasteiger partial charge on any atom is 0.122 e. The molecule has 1 N–H and O–H groups in total. The van der Waals surface area contributed by atoms with Crippen molar-refractivity contribution < 1.29 is 9.47 Å². The summed E-state index contributed by atoms with van der Waals surface area (Å²) in [5, 5.41) is 3.27. The Labute approximate surface area is 109 Å². The van der Waals surface area contributed by atoms with Crippen molar-refractivity contribution in [2.24, 2.45) is 0 Å². The lowest BCUT2D eigenvalue weighted by atomic mass is 9.77. The summed E-state index contributed by atoms with van der Waals surface area (Å²) in [5.41, 5.74) is 2.70. The summed E-state index contributed by atoms with van der Waals surface area (Å²) >= 11 is 0. The van der Waals surface area contributed by atoms with Gasteiger partial charge in [0.15, 0.2) is 0 Å². The molecule has 0 spiro atoms. The molecule has 2 rings (SSSR count). The number of rotatable bonds is 5. The highest BCUT2D eigenvalue weighted by Crippen LogP contribution is 2.39. The molecule has 0 saturated carbocycles. The number of ether oxygens (including phenoxy) is 2. The van der Waals surface area contributed by atoms with Gasteiger partial charge in [-0.1, -0.05) is 26.0 Å². The van der Waals surface area contributed by atoms with Crippen molar-refractivity contribution in [3.8, 4) is 5.75 Å². The number of hydrogen-bond acceptors (Lipinski definition) is 3. The summed E-state index contributed by atoms with van der Waals surface area (Å²) in [7, 11) is 3.72. The lowest BCUT2D eigenvalue weighted by Gasteiger charge is -2.42. The first kappa shape index (κ1) is 13.4. The van der Waals surface area contributed by atoms with Gasteiger partial charge in [0.05, 0.1) is 25.7 Å². The summed E-state index contributed by atoms with van der Waals surface area (Å²) in [6.45, 7) is 6.89. The van der Waals surface area contributed by atoms with Gasteiger partial charge in [0.25, 0.3) is 0 Å². The minimum absolute atomic E-state index is 0.0744. The van der Waals surface area contributed by atoms with E-state index < -0.39 is 0 Å². The largest absolute Gasteiger partial charge is 0.496 e. The molecule has 0 aromatic heterocycles. The molecular weight excluding hydrogens is 226 g/mol. The average molecular weight is 249 g/mol. The Morgan fingerprint density at radius 1 is 1.39 bits per heavy atom. The molecule has 1 heterocycles. The minimum atomic E-state index is 0.0744. The van der Waals surface area contributed by atoms with Crippen LogP contribution in [0.15, 0.2) is 18.2 Å². The van der Waals surface area contributed by atoms with Crippen molar-refractivity contribution in [2.45, 2.75) is 25.2 Å². The Morgan fingerprint density at radius 3 is 2.56 bits per heavy atom. The van der Waals surface area contributed by atoms with E-state index in [0.717, 1.165) is 25.5 Å². The summed E-state index contributed by atoms with van der Waals surface area (Å²) in [6.07, 6.45) is 0. The van der Waals surface area contributed by atoms with Crippen LogP contribution in [0, 0.1) is 0 Å². The zero-order valence-corrected chi connectivity index (χ0v) is 11.7. The molecule has 1 aromatic carbocycles. The van der Waals surface area contributed by atoms with Gasteiger partial charge in [-0.25, -0.2) is 0 Å². The van der Waals surface area contributed by atoms with E-state index in [1.165, 1.54) is 11.1 Å². The number of hydrogen-bond donors (Lipinski definition) is 1. The first-order chi connectivity index (χ1) is 8.63. The van der Waals surface area contributed by atoms with Crippen molar-refractivity contribution in [2.75, 3.05) is 33.9 Å². The summed E-state index contributed by atoms with van der Waals surface area (Å²) in [5.74, 6) is 1.50. The molecule has 0 aliphatic carbocycles. The minimum Gasteiger partial charge on any atom is -0.496 e. The van der Waals surface area contributed by atoms with Gasteiger partial charge in [-0.05, 0) is 24.6 Å². The Hall–Kier alpha value is -1.06. The van der Waals surface area contributed by atoms with Gasteiger partial charge in [-0.2, -0.15) is 0 Å².